The number of imidazole rings is 1. The second-order valence-corrected chi connectivity index (χ2v) is 7.88. The summed E-state index contributed by atoms with van der Waals surface area (Å²) in [5, 5.41) is 0.680. The molecule has 0 radical (unpaired) electrons. The lowest BCUT2D eigenvalue weighted by atomic mass is 10.0. The third kappa shape index (κ3) is 3.87. The standard InChI is InChI=1S/C24H27FN4O2/c1-5-29-14-16(13-21(30)28(2)3)22-23(29)17(25)12-15(24(22)31-4)10-11-20-26-18-8-6-7-9-19(18)27-20/h6-9,12,14H,5,10-11,13H2,1-4H3,(H,26,27). The van der Waals surface area contributed by atoms with E-state index in [1.54, 1.807) is 32.2 Å². The number of aromatic nitrogens is 3. The number of amides is 1. The van der Waals surface area contributed by atoms with Gasteiger partial charge in [-0.05, 0) is 42.7 Å². The first kappa shape index (κ1) is 20.9. The van der Waals surface area contributed by atoms with Crippen molar-refractivity contribution >= 4 is 27.8 Å². The highest BCUT2D eigenvalue weighted by Crippen LogP contribution is 2.37. The maximum absolute atomic E-state index is 15.2. The molecule has 0 saturated heterocycles. The molecule has 1 N–H and O–H groups in total. The van der Waals surface area contributed by atoms with Gasteiger partial charge in [0, 0.05) is 38.6 Å². The predicted octanol–water partition coefficient (Wildman–Crippen LogP) is 4.10. The Kier molecular flexibility index (Phi) is 5.67. The summed E-state index contributed by atoms with van der Waals surface area (Å²) in [6.07, 6.45) is 3.24. The van der Waals surface area contributed by atoms with E-state index in [-0.39, 0.29) is 18.1 Å². The number of para-hydroxylation sites is 2. The normalized spacial score (nSPS) is 11.4. The topological polar surface area (TPSA) is 63.1 Å². The number of ether oxygens (including phenoxy) is 1. The summed E-state index contributed by atoms with van der Waals surface area (Å²) >= 11 is 0. The van der Waals surface area contributed by atoms with Crippen LogP contribution in [0.3, 0.4) is 0 Å². The van der Waals surface area contributed by atoms with Crippen LogP contribution in [0.25, 0.3) is 21.9 Å². The van der Waals surface area contributed by atoms with Crippen molar-refractivity contribution in [2.45, 2.75) is 32.7 Å². The van der Waals surface area contributed by atoms with Crippen LogP contribution in [0.4, 0.5) is 4.39 Å². The zero-order valence-electron chi connectivity index (χ0n) is 18.3. The first-order chi connectivity index (χ1) is 14.9. The van der Waals surface area contributed by atoms with Crippen LogP contribution < -0.4 is 4.74 Å². The fourth-order valence-electron chi connectivity index (χ4n) is 4.07. The number of H-pyrrole nitrogens is 1. The monoisotopic (exact) mass is 422 g/mol. The Balaban J connectivity index is 1.75. The third-order valence-corrected chi connectivity index (χ3v) is 5.66. The molecule has 0 spiro atoms. The Labute approximate surface area is 180 Å². The first-order valence-corrected chi connectivity index (χ1v) is 10.4. The number of aryl methyl sites for hydroxylation is 3. The number of hydrogen-bond acceptors (Lipinski definition) is 3. The lowest BCUT2D eigenvalue weighted by Gasteiger charge is -2.14. The van der Waals surface area contributed by atoms with E-state index in [0.29, 0.717) is 36.0 Å². The highest BCUT2D eigenvalue weighted by molar-refractivity contribution is 5.95. The van der Waals surface area contributed by atoms with E-state index in [4.69, 9.17) is 4.74 Å². The van der Waals surface area contributed by atoms with E-state index in [0.717, 1.165) is 28.0 Å². The van der Waals surface area contributed by atoms with Gasteiger partial charge in [0.25, 0.3) is 0 Å². The van der Waals surface area contributed by atoms with E-state index in [2.05, 4.69) is 9.97 Å². The Bertz CT molecular complexity index is 1220. The molecule has 2 aromatic carbocycles. The van der Waals surface area contributed by atoms with Crippen molar-refractivity contribution in [3.63, 3.8) is 0 Å². The van der Waals surface area contributed by atoms with Crippen molar-refractivity contribution in [1.29, 1.82) is 0 Å². The summed E-state index contributed by atoms with van der Waals surface area (Å²) in [6, 6.07) is 9.41. The minimum Gasteiger partial charge on any atom is -0.496 e. The summed E-state index contributed by atoms with van der Waals surface area (Å²) in [6.45, 7) is 2.56. The molecule has 4 rings (SSSR count). The molecule has 31 heavy (non-hydrogen) atoms. The van der Waals surface area contributed by atoms with Crippen molar-refractivity contribution in [2.24, 2.45) is 0 Å². The molecule has 0 atom stereocenters. The Morgan fingerprint density at radius 2 is 2.00 bits per heavy atom. The second kappa shape index (κ2) is 8.41. The van der Waals surface area contributed by atoms with Crippen LogP contribution in [0.2, 0.25) is 0 Å². The van der Waals surface area contributed by atoms with Crippen molar-refractivity contribution in [2.75, 3.05) is 21.2 Å². The number of fused-ring (bicyclic) bond motifs is 2. The summed E-state index contributed by atoms with van der Waals surface area (Å²) < 4.78 is 22.8. The van der Waals surface area contributed by atoms with Crippen molar-refractivity contribution < 1.29 is 13.9 Å². The van der Waals surface area contributed by atoms with E-state index in [1.807, 2.05) is 42.0 Å². The van der Waals surface area contributed by atoms with Gasteiger partial charge < -0.3 is 19.2 Å². The minimum absolute atomic E-state index is 0.0368. The SMILES string of the molecule is CCn1cc(CC(=O)N(C)C)c2c(OC)c(CCc3nc4ccccc4[nH]3)cc(F)c21. The summed E-state index contributed by atoms with van der Waals surface area (Å²) in [7, 11) is 5.04. The van der Waals surface area contributed by atoms with Crippen LogP contribution in [0.15, 0.2) is 36.5 Å². The Morgan fingerprint density at radius 3 is 2.68 bits per heavy atom. The van der Waals surface area contributed by atoms with Gasteiger partial charge in [0.15, 0.2) is 0 Å². The Hall–Kier alpha value is -3.35. The molecule has 7 heteroatoms. The maximum atomic E-state index is 15.2. The van der Waals surface area contributed by atoms with E-state index < -0.39 is 0 Å². The number of carbonyl (C=O) groups is 1. The lowest BCUT2D eigenvalue weighted by molar-refractivity contribution is -0.127. The van der Waals surface area contributed by atoms with E-state index >= 15 is 4.39 Å². The summed E-state index contributed by atoms with van der Waals surface area (Å²) in [5.41, 5.74) is 3.91. The zero-order chi connectivity index (χ0) is 22.1. The van der Waals surface area contributed by atoms with Crippen molar-refractivity contribution in [1.82, 2.24) is 19.4 Å². The highest BCUT2D eigenvalue weighted by Gasteiger charge is 2.22. The molecular formula is C24H27FN4O2. The number of nitrogens with one attached hydrogen (secondary N) is 1. The number of carbonyl (C=O) groups excluding carboxylic acids is 1. The van der Waals surface area contributed by atoms with Gasteiger partial charge in [0.1, 0.15) is 17.4 Å². The van der Waals surface area contributed by atoms with Crippen molar-refractivity contribution in [3.05, 3.63) is 59.3 Å². The van der Waals surface area contributed by atoms with Crippen LogP contribution in [-0.2, 0) is 30.6 Å². The number of aromatic amines is 1. The smallest absolute Gasteiger partial charge is 0.226 e. The van der Waals surface area contributed by atoms with Crippen LogP contribution >= 0.6 is 0 Å². The van der Waals surface area contributed by atoms with Gasteiger partial charge in [-0.15, -0.1) is 0 Å². The van der Waals surface area contributed by atoms with Gasteiger partial charge in [-0.2, -0.15) is 0 Å². The van der Waals surface area contributed by atoms with Gasteiger partial charge in [-0.3, -0.25) is 4.79 Å². The van der Waals surface area contributed by atoms with Crippen molar-refractivity contribution in [3.8, 4) is 5.75 Å². The zero-order valence-corrected chi connectivity index (χ0v) is 18.3. The molecule has 2 heterocycles. The highest BCUT2D eigenvalue weighted by atomic mass is 19.1. The molecule has 4 aromatic rings. The average Bonchev–Trinajstić information content (AvgIpc) is 3.33. The van der Waals surface area contributed by atoms with Gasteiger partial charge in [0.05, 0.1) is 30.1 Å². The maximum Gasteiger partial charge on any atom is 0.226 e. The average molecular weight is 423 g/mol. The quantitative estimate of drug-likeness (QED) is 0.488. The number of rotatable bonds is 7. The van der Waals surface area contributed by atoms with Crippen LogP contribution in [0.5, 0.6) is 5.75 Å². The summed E-state index contributed by atoms with van der Waals surface area (Å²) in [4.78, 5) is 21.9. The minimum atomic E-state index is -0.305. The van der Waals surface area contributed by atoms with Gasteiger partial charge in [0.2, 0.25) is 5.91 Å². The fraction of sp³-hybridized carbons (Fsp3) is 0.333. The molecule has 162 valence electrons. The summed E-state index contributed by atoms with van der Waals surface area (Å²) in [5.74, 6) is 1.13. The molecule has 0 saturated carbocycles. The van der Waals surface area contributed by atoms with Crippen LogP contribution in [0.1, 0.15) is 23.9 Å². The second-order valence-electron chi connectivity index (χ2n) is 7.88. The van der Waals surface area contributed by atoms with E-state index in [9.17, 15) is 4.79 Å². The van der Waals surface area contributed by atoms with Gasteiger partial charge >= 0.3 is 0 Å². The van der Waals surface area contributed by atoms with Crippen LogP contribution in [0, 0.1) is 5.82 Å². The first-order valence-electron chi connectivity index (χ1n) is 10.4. The number of nitrogens with zero attached hydrogens (tertiary/aromatic N) is 3. The molecule has 0 aliphatic carbocycles. The fourth-order valence-corrected chi connectivity index (χ4v) is 4.07. The Morgan fingerprint density at radius 1 is 1.23 bits per heavy atom. The number of methoxy groups -OCH3 is 1. The number of hydrogen-bond donors (Lipinski definition) is 1. The molecule has 0 aliphatic rings. The van der Waals surface area contributed by atoms with E-state index in [1.165, 1.54) is 0 Å². The molecule has 6 nitrogen and oxygen atoms in total. The molecule has 0 aliphatic heterocycles. The molecule has 1 amide bonds. The number of likely N-dealkylation sites (N-methyl/N-ethyl adjacent to an activating group) is 1. The molecule has 0 fully saturated rings. The number of halogens is 1. The third-order valence-electron chi connectivity index (χ3n) is 5.66. The molecular weight excluding hydrogens is 395 g/mol. The molecule has 0 bridgehead atoms. The predicted molar refractivity (Wildman–Crippen MR) is 120 cm³/mol. The number of benzene rings is 2. The van der Waals surface area contributed by atoms with Gasteiger partial charge in [-0.25, -0.2) is 9.37 Å². The largest absolute Gasteiger partial charge is 0.496 e. The van der Waals surface area contributed by atoms with Crippen LogP contribution in [-0.4, -0.2) is 46.5 Å². The van der Waals surface area contributed by atoms with Gasteiger partial charge in [-0.1, -0.05) is 12.1 Å². The lowest BCUT2D eigenvalue weighted by Crippen LogP contribution is -2.23. The molecule has 0 unspecified atom stereocenters. The molecule has 2 aromatic heterocycles.